The summed E-state index contributed by atoms with van der Waals surface area (Å²) in [6.07, 6.45) is 1.05. The lowest BCUT2D eigenvalue weighted by atomic mass is 10.00. The van der Waals surface area contributed by atoms with Crippen molar-refractivity contribution in [2.75, 3.05) is 0 Å². The molecule has 1 aromatic heterocycles. The van der Waals surface area contributed by atoms with Crippen LogP contribution in [0.25, 0.3) is 11.0 Å². The van der Waals surface area contributed by atoms with Crippen LogP contribution >= 0.6 is 11.6 Å². The number of hydrogen-bond donors (Lipinski definition) is 0. The molecule has 0 radical (unpaired) electrons. The second-order valence-electron chi connectivity index (χ2n) is 5.53. The highest BCUT2D eigenvalue weighted by Gasteiger charge is 2.26. The quantitative estimate of drug-likeness (QED) is 0.729. The number of benzene rings is 1. The van der Waals surface area contributed by atoms with E-state index in [0.717, 1.165) is 17.8 Å². The van der Waals surface area contributed by atoms with E-state index < -0.39 is 0 Å². The van der Waals surface area contributed by atoms with E-state index in [-0.39, 0.29) is 10.9 Å². The highest BCUT2D eigenvalue weighted by atomic mass is 35.5. The van der Waals surface area contributed by atoms with Gasteiger partial charge in [-0.05, 0) is 45.7 Å². The number of hydrogen-bond acceptors (Lipinski definition) is 1. The van der Waals surface area contributed by atoms with Gasteiger partial charge in [-0.25, -0.2) is 4.98 Å². The van der Waals surface area contributed by atoms with Gasteiger partial charge >= 0.3 is 0 Å². The van der Waals surface area contributed by atoms with Crippen molar-refractivity contribution in [1.29, 1.82) is 0 Å². The molecule has 3 heteroatoms. The maximum Gasteiger partial charge on any atom is 0.128 e. The second-order valence-corrected chi connectivity index (χ2v) is 6.18. The number of alkyl halides is 1. The van der Waals surface area contributed by atoms with E-state index >= 15 is 0 Å². The van der Waals surface area contributed by atoms with E-state index in [4.69, 9.17) is 16.6 Å². The Hall–Kier alpha value is -1.02. The molecule has 0 bridgehead atoms. The zero-order valence-corrected chi connectivity index (χ0v) is 12.5. The summed E-state index contributed by atoms with van der Waals surface area (Å²) in [5.74, 6) is 0.966. The van der Waals surface area contributed by atoms with E-state index in [2.05, 4.69) is 50.5 Å². The van der Waals surface area contributed by atoms with Gasteiger partial charge in [-0.2, -0.15) is 0 Å². The van der Waals surface area contributed by atoms with Crippen molar-refractivity contribution in [2.24, 2.45) is 0 Å². The first-order valence-corrected chi connectivity index (χ1v) is 6.94. The highest BCUT2D eigenvalue weighted by molar-refractivity contribution is 6.20. The van der Waals surface area contributed by atoms with Crippen LogP contribution in [0.2, 0.25) is 0 Å². The molecule has 1 atom stereocenters. The van der Waals surface area contributed by atoms with Crippen molar-refractivity contribution in [2.45, 2.75) is 52.0 Å². The molecule has 2 nitrogen and oxygen atoms in total. The molecule has 18 heavy (non-hydrogen) atoms. The molecule has 1 unspecified atom stereocenters. The summed E-state index contributed by atoms with van der Waals surface area (Å²) in [5, 5.41) is -0.0809. The van der Waals surface area contributed by atoms with Gasteiger partial charge < -0.3 is 4.57 Å². The number of imidazole rings is 1. The molecule has 2 rings (SSSR count). The monoisotopic (exact) mass is 264 g/mol. The molecule has 0 spiro atoms. The van der Waals surface area contributed by atoms with Crippen molar-refractivity contribution in [3.63, 3.8) is 0 Å². The number of aryl methyl sites for hydroxylation is 1. The Bertz CT molecular complexity index is 567. The number of nitrogens with zero attached hydrogens (tertiary/aromatic N) is 2. The maximum atomic E-state index is 6.31. The predicted molar refractivity (Wildman–Crippen MR) is 78.4 cm³/mol. The van der Waals surface area contributed by atoms with E-state index in [0.29, 0.717) is 0 Å². The van der Waals surface area contributed by atoms with Gasteiger partial charge in [-0.3, -0.25) is 0 Å². The minimum Gasteiger partial charge on any atom is -0.321 e. The van der Waals surface area contributed by atoms with E-state index in [9.17, 15) is 0 Å². The van der Waals surface area contributed by atoms with Crippen LogP contribution in [0.3, 0.4) is 0 Å². The third kappa shape index (κ3) is 2.03. The first-order valence-electron chi connectivity index (χ1n) is 6.51. The highest BCUT2D eigenvalue weighted by Crippen LogP contribution is 2.33. The fourth-order valence-corrected chi connectivity index (χ4v) is 2.50. The van der Waals surface area contributed by atoms with Crippen LogP contribution in [0, 0.1) is 6.92 Å². The third-order valence-corrected chi connectivity index (χ3v) is 3.93. The molecule has 0 saturated heterocycles. The normalized spacial score (nSPS) is 14.1. The van der Waals surface area contributed by atoms with Crippen molar-refractivity contribution < 1.29 is 0 Å². The lowest BCUT2D eigenvalue weighted by molar-refractivity contribution is 0.340. The largest absolute Gasteiger partial charge is 0.321 e. The van der Waals surface area contributed by atoms with Gasteiger partial charge in [0.1, 0.15) is 5.82 Å². The van der Waals surface area contributed by atoms with Crippen molar-refractivity contribution in [3.8, 4) is 0 Å². The molecule has 0 N–H and O–H groups in total. The van der Waals surface area contributed by atoms with Crippen LogP contribution in [-0.2, 0) is 5.54 Å². The van der Waals surface area contributed by atoms with E-state index in [1.165, 1.54) is 11.1 Å². The lowest BCUT2D eigenvalue weighted by Crippen LogP contribution is -2.27. The molecule has 0 amide bonds. The second kappa shape index (κ2) is 4.58. The summed E-state index contributed by atoms with van der Waals surface area (Å²) in [4.78, 5) is 4.72. The topological polar surface area (TPSA) is 17.8 Å². The molecular weight excluding hydrogens is 244 g/mol. The SMILES string of the molecule is CCC(C)(C)n1c(C(C)Cl)nc2cccc(C)c21. The maximum absolute atomic E-state index is 6.31. The third-order valence-electron chi connectivity index (χ3n) is 3.73. The minimum atomic E-state index is -0.0809. The fourth-order valence-electron chi connectivity index (χ4n) is 2.35. The molecule has 1 aromatic carbocycles. The summed E-state index contributed by atoms with van der Waals surface area (Å²) >= 11 is 6.31. The molecule has 98 valence electrons. The fraction of sp³-hybridized carbons (Fsp3) is 0.533. The summed E-state index contributed by atoms with van der Waals surface area (Å²) in [6, 6.07) is 6.25. The molecule has 1 heterocycles. The van der Waals surface area contributed by atoms with Gasteiger partial charge in [0, 0.05) is 5.54 Å². The van der Waals surface area contributed by atoms with Gasteiger partial charge in [0.2, 0.25) is 0 Å². The Morgan fingerprint density at radius 1 is 1.39 bits per heavy atom. The smallest absolute Gasteiger partial charge is 0.128 e. The number of halogens is 1. The van der Waals surface area contributed by atoms with Gasteiger partial charge in [0.05, 0.1) is 16.4 Å². The molecule has 0 fully saturated rings. The average molecular weight is 265 g/mol. The molecule has 0 aliphatic heterocycles. The summed E-state index contributed by atoms with van der Waals surface area (Å²) in [5.41, 5.74) is 3.54. The Morgan fingerprint density at radius 2 is 2.06 bits per heavy atom. The zero-order valence-electron chi connectivity index (χ0n) is 11.8. The molecular formula is C15H21ClN2. The first kappa shape index (κ1) is 13.4. The van der Waals surface area contributed by atoms with Gasteiger partial charge in [-0.1, -0.05) is 19.1 Å². The Balaban J connectivity index is 2.86. The van der Waals surface area contributed by atoms with Gasteiger partial charge in [0.25, 0.3) is 0 Å². The zero-order chi connectivity index (χ0) is 13.5. The van der Waals surface area contributed by atoms with Crippen molar-refractivity contribution in [3.05, 3.63) is 29.6 Å². The Labute approximate surface area is 114 Å². The van der Waals surface area contributed by atoms with Crippen LogP contribution in [-0.4, -0.2) is 9.55 Å². The van der Waals surface area contributed by atoms with Gasteiger partial charge in [-0.15, -0.1) is 11.6 Å². The summed E-state index contributed by atoms with van der Waals surface area (Å²) in [7, 11) is 0. The van der Waals surface area contributed by atoms with Crippen LogP contribution in [0.1, 0.15) is 50.9 Å². The minimum absolute atomic E-state index is 0.0271. The number of fused-ring (bicyclic) bond motifs is 1. The van der Waals surface area contributed by atoms with Crippen LogP contribution in [0.15, 0.2) is 18.2 Å². The lowest BCUT2D eigenvalue weighted by Gasteiger charge is -2.29. The van der Waals surface area contributed by atoms with Crippen molar-refractivity contribution in [1.82, 2.24) is 9.55 Å². The Morgan fingerprint density at radius 3 is 2.61 bits per heavy atom. The van der Waals surface area contributed by atoms with Crippen LogP contribution in [0.4, 0.5) is 0 Å². The number of para-hydroxylation sites is 1. The molecule has 0 aliphatic rings. The molecule has 0 aliphatic carbocycles. The van der Waals surface area contributed by atoms with Crippen molar-refractivity contribution >= 4 is 22.6 Å². The number of rotatable bonds is 3. The van der Waals surface area contributed by atoms with Gasteiger partial charge in [0.15, 0.2) is 0 Å². The summed E-state index contributed by atoms with van der Waals surface area (Å²) < 4.78 is 2.31. The Kier molecular flexibility index (Phi) is 3.41. The molecule has 2 aromatic rings. The standard InChI is InChI=1S/C15H21ClN2/c1-6-15(4,5)18-13-10(2)8-7-9-12(13)17-14(18)11(3)16/h7-9,11H,6H2,1-5H3. The number of aromatic nitrogens is 2. The van der Waals surface area contributed by atoms with E-state index in [1.54, 1.807) is 0 Å². The first-order chi connectivity index (χ1) is 8.38. The van der Waals surface area contributed by atoms with Crippen LogP contribution in [0.5, 0.6) is 0 Å². The van der Waals surface area contributed by atoms with Crippen LogP contribution < -0.4 is 0 Å². The predicted octanol–water partition coefficient (Wildman–Crippen LogP) is 4.79. The summed E-state index contributed by atoms with van der Waals surface area (Å²) in [6.45, 7) is 10.8. The van der Waals surface area contributed by atoms with E-state index in [1.807, 2.05) is 6.92 Å². The average Bonchev–Trinajstić information content (AvgIpc) is 2.70. The molecule has 0 saturated carbocycles.